The van der Waals surface area contributed by atoms with E-state index in [1.54, 1.807) is 19.2 Å². The molecule has 144 valence electrons. The Labute approximate surface area is 155 Å². The van der Waals surface area contributed by atoms with Gasteiger partial charge in [0.2, 0.25) is 0 Å². The van der Waals surface area contributed by atoms with Crippen molar-refractivity contribution in [3.8, 4) is 0 Å². The summed E-state index contributed by atoms with van der Waals surface area (Å²) in [4.78, 5) is 4.61. The topological polar surface area (TPSA) is 91.8 Å². The molecular formula is C18H28N4O3S. The predicted molar refractivity (Wildman–Crippen MR) is 102 cm³/mol. The van der Waals surface area contributed by atoms with Gasteiger partial charge in [-0.3, -0.25) is 15.6 Å². The molecule has 7 nitrogen and oxygen atoms in total. The van der Waals surface area contributed by atoms with E-state index in [4.69, 9.17) is 4.74 Å². The maximum atomic E-state index is 11.7. The van der Waals surface area contributed by atoms with E-state index >= 15 is 0 Å². The number of piperazine rings is 1. The lowest BCUT2D eigenvalue weighted by molar-refractivity contribution is 0.0118. The van der Waals surface area contributed by atoms with Gasteiger partial charge < -0.3 is 10.1 Å². The second kappa shape index (κ2) is 8.58. The highest BCUT2D eigenvalue weighted by Gasteiger charge is 2.31. The lowest BCUT2D eigenvalue weighted by Gasteiger charge is -2.38. The molecule has 4 atom stereocenters. The van der Waals surface area contributed by atoms with Crippen molar-refractivity contribution in [3.05, 3.63) is 29.8 Å². The summed E-state index contributed by atoms with van der Waals surface area (Å²) >= 11 is 0. The van der Waals surface area contributed by atoms with Crippen LogP contribution >= 0.6 is 0 Å². The van der Waals surface area contributed by atoms with Gasteiger partial charge in [0.25, 0.3) is 0 Å². The average Bonchev–Trinajstić information content (AvgIpc) is 2.66. The Morgan fingerprint density at radius 2 is 2.08 bits per heavy atom. The lowest BCUT2D eigenvalue weighted by atomic mass is 9.99. The van der Waals surface area contributed by atoms with Crippen LogP contribution in [0.2, 0.25) is 0 Å². The molecule has 1 saturated heterocycles. The molecule has 0 spiro atoms. The lowest BCUT2D eigenvalue weighted by Crippen LogP contribution is -2.62. The Kier molecular flexibility index (Phi) is 6.42. The first kappa shape index (κ1) is 19.4. The fourth-order valence-corrected chi connectivity index (χ4v) is 4.07. The SMILES string of the molecule is COC1NCC(NCC2CC=NCC2)NC1c1ccc(S(C)(=O)=O)cc1. The molecule has 0 saturated carbocycles. The summed E-state index contributed by atoms with van der Waals surface area (Å²) in [5.41, 5.74) is 0.994. The minimum atomic E-state index is -3.19. The number of nitrogens with zero attached hydrogens (tertiary/aromatic N) is 1. The molecule has 4 unspecified atom stereocenters. The maximum absolute atomic E-state index is 11.7. The van der Waals surface area contributed by atoms with Crippen molar-refractivity contribution in [1.29, 1.82) is 0 Å². The third-order valence-corrected chi connectivity index (χ3v) is 6.14. The predicted octanol–water partition coefficient (Wildman–Crippen LogP) is 0.693. The molecule has 0 bridgehead atoms. The van der Waals surface area contributed by atoms with Crippen LogP contribution in [0, 0.1) is 5.92 Å². The summed E-state index contributed by atoms with van der Waals surface area (Å²) in [6, 6.07) is 6.94. The molecule has 3 N–H and O–H groups in total. The van der Waals surface area contributed by atoms with Gasteiger partial charge in [-0.15, -0.1) is 0 Å². The van der Waals surface area contributed by atoms with Crippen molar-refractivity contribution < 1.29 is 13.2 Å². The largest absolute Gasteiger partial charge is 0.365 e. The Balaban J connectivity index is 1.64. The van der Waals surface area contributed by atoms with E-state index in [1.807, 2.05) is 18.3 Å². The van der Waals surface area contributed by atoms with E-state index in [0.717, 1.165) is 38.0 Å². The van der Waals surface area contributed by atoms with Crippen LogP contribution in [0.4, 0.5) is 0 Å². The van der Waals surface area contributed by atoms with Crippen LogP contribution in [0.3, 0.4) is 0 Å². The standard InChI is InChI=1S/C18H28N4O3S/c1-25-18-17(14-3-5-15(6-4-14)26(2,23)24)22-16(12-21-18)20-11-13-7-9-19-10-8-13/h3-6,9,13,16-18,20-22H,7-8,10-12H2,1-2H3. The number of nitrogens with one attached hydrogen (secondary N) is 3. The van der Waals surface area contributed by atoms with Gasteiger partial charge in [-0.05, 0) is 49.2 Å². The summed E-state index contributed by atoms with van der Waals surface area (Å²) in [7, 11) is -1.52. The van der Waals surface area contributed by atoms with E-state index in [1.165, 1.54) is 6.26 Å². The fraction of sp³-hybridized carbons (Fsp3) is 0.611. The van der Waals surface area contributed by atoms with Crippen LogP contribution < -0.4 is 16.0 Å². The molecule has 26 heavy (non-hydrogen) atoms. The Hall–Kier alpha value is -1.32. The molecule has 2 aliphatic heterocycles. The molecule has 1 aromatic rings. The van der Waals surface area contributed by atoms with Gasteiger partial charge in [0.15, 0.2) is 9.84 Å². The number of sulfone groups is 1. The molecule has 0 radical (unpaired) electrons. The first-order chi connectivity index (χ1) is 12.5. The summed E-state index contributed by atoms with van der Waals surface area (Å²) in [6.45, 7) is 2.63. The number of hydrogen-bond donors (Lipinski definition) is 3. The van der Waals surface area contributed by atoms with Crippen molar-refractivity contribution in [3.63, 3.8) is 0 Å². The Morgan fingerprint density at radius 3 is 2.69 bits per heavy atom. The molecule has 0 aromatic heterocycles. The van der Waals surface area contributed by atoms with Crippen molar-refractivity contribution in [2.75, 3.05) is 33.0 Å². The van der Waals surface area contributed by atoms with Gasteiger partial charge in [-0.1, -0.05) is 12.1 Å². The summed E-state index contributed by atoms with van der Waals surface area (Å²) in [5.74, 6) is 0.627. The van der Waals surface area contributed by atoms with Crippen molar-refractivity contribution >= 4 is 16.1 Å². The highest BCUT2D eigenvalue weighted by atomic mass is 32.2. The molecular weight excluding hydrogens is 352 g/mol. The normalized spacial score (nSPS) is 29.6. The van der Waals surface area contributed by atoms with Crippen LogP contribution in [0.25, 0.3) is 0 Å². The molecule has 0 amide bonds. The van der Waals surface area contributed by atoms with Gasteiger partial charge >= 0.3 is 0 Å². The Bertz CT molecular complexity index is 720. The van der Waals surface area contributed by atoms with E-state index in [-0.39, 0.29) is 18.4 Å². The molecule has 1 fully saturated rings. The molecule has 2 heterocycles. The van der Waals surface area contributed by atoms with Crippen molar-refractivity contribution in [1.82, 2.24) is 16.0 Å². The number of benzene rings is 1. The zero-order valence-corrected chi connectivity index (χ0v) is 16.1. The summed E-state index contributed by atoms with van der Waals surface area (Å²) in [5, 5.41) is 10.6. The van der Waals surface area contributed by atoms with Crippen LogP contribution in [0.5, 0.6) is 0 Å². The highest BCUT2D eigenvalue weighted by molar-refractivity contribution is 7.90. The molecule has 8 heteroatoms. The van der Waals surface area contributed by atoms with Gasteiger partial charge in [0.05, 0.1) is 17.1 Å². The second-order valence-corrected chi connectivity index (χ2v) is 9.01. The van der Waals surface area contributed by atoms with Gasteiger partial charge in [-0.2, -0.15) is 0 Å². The van der Waals surface area contributed by atoms with E-state index < -0.39 is 9.84 Å². The minimum Gasteiger partial charge on any atom is -0.365 e. The zero-order valence-electron chi connectivity index (χ0n) is 15.3. The maximum Gasteiger partial charge on any atom is 0.175 e. The highest BCUT2D eigenvalue weighted by Crippen LogP contribution is 2.22. The number of methoxy groups -OCH3 is 1. The molecule has 1 aromatic carbocycles. The smallest absolute Gasteiger partial charge is 0.175 e. The third-order valence-electron chi connectivity index (χ3n) is 5.02. The fourth-order valence-electron chi connectivity index (χ4n) is 3.44. The second-order valence-electron chi connectivity index (χ2n) is 6.99. The first-order valence-electron chi connectivity index (χ1n) is 9.01. The van der Waals surface area contributed by atoms with Crippen molar-refractivity contribution in [2.24, 2.45) is 10.9 Å². The monoisotopic (exact) mass is 380 g/mol. The van der Waals surface area contributed by atoms with Gasteiger partial charge in [0.1, 0.15) is 6.23 Å². The van der Waals surface area contributed by atoms with Gasteiger partial charge in [0, 0.05) is 26.5 Å². The number of aliphatic imine (C=N–C) groups is 1. The third kappa shape index (κ3) is 4.89. The number of rotatable bonds is 6. The van der Waals surface area contributed by atoms with Crippen LogP contribution in [-0.2, 0) is 14.6 Å². The van der Waals surface area contributed by atoms with Crippen LogP contribution in [0.15, 0.2) is 34.2 Å². The van der Waals surface area contributed by atoms with E-state index in [0.29, 0.717) is 10.8 Å². The van der Waals surface area contributed by atoms with Crippen molar-refractivity contribution in [2.45, 2.75) is 36.2 Å². The van der Waals surface area contributed by atoms with Gasteiger partial charge in [-0.25, -0.2) is 8.42 Å². The van der Waals surface area contributed by atoms with E-state index in [9.17, 15) is 8.42 Å². The first-order valence-corrected chi connectivity index (χ1v) is 10.9. The quantitative estimate of drug-likeness (QED) is 0.673. The molecule has 3 rings (SSSR count). The molecule has 2 aliphatic rings. The number of hydrogen-bond acceptors (Lipinski definition) is 7. The Morgan fingerprint density at radius 1 is 1.31 bits per heavy atom. The average molecular weight is 381 g/mol. The minimum absolute atomic E-state index is 0.0622. The zero-order chi connectivity index (χ0) is 18.6. The summed E-state index contributed by atoms with van der Waals surface area (Å²) < 4.78 is 28.9. The summed E-state index contributed by atoms with van der Waals surface area (Å²) in [6.07, 6.45) is 5.36. The molecule has 0 aliphatic carbocycles. The number of ether oxygens (including phenoxy) is 1. The van der Waals surface area contributed by atoms with Crippen LogP contribution in [0.1, 0.15) is 24.4 Å². The van der Waals surface area contributed by atoms with Crippen LogP contribution in [-0.4, -0.2) is 60.0 Å². The van der Waals surface area contributed by atoms with E-state index in [2.05, 4.69) is 20.9 Å².